The Morgan fingerprint density at radius 1 is 1.00 bits per heavy atom. The van der Waals surface area contributed by atoms with Gasteiger partial charge >= 0.3 is 16.5 Å². The average molecular weight is 208 g/mol. The summed E-state index contributed by atoms with van der Waals surface area (Å²) in [7, 11) is -2.37. The van der Waals surface area contributed by atoms with E-state index >= 15 is 0 Å². The summed E-state index contributed by atoms with van der Waals surface area (Å²) < 4.78 is 26.2. The Morgan fingerprint density at radius 3 is 1.09 bits per heavy atom. The van der Waals surface area contributed by atoms with Crippen molar-refractivity contribution >= 4 is 16.5 Å². The number of hydrogen-bond acceptors (Lipinski definition) is 4. The van der Waals surface area contributed by atoms with Crippen LogP contribution in [0.5, 0.6) is 0 Å². The third-order valence-electron chi connectivity index (χ3n) is 0.312. The van der Waals surface area contributed by atoms with Crippen LogP contribution in [0.2, 0.25) is 0 Å². The third-order valence-corrected chi connectivity index (χ3v) is 0.937. The Hall–Kier alpha value is -0.0000000000000000416. The molecule has 9 heteroatoms. The molecule has 0 rings (SSSR count). The molecule has 0 aromatic rings. The Morgan fingerprint density at radius 2 is 1.09 bits per heavy atom. The van der Waals surface area contributed by atoms with E-state index in [1.165, 1.54) is 14.2 Å². The minimum absolute atomic E-state index is 0. The van der Waals surface area contributed by atoms with Gasteiger partial charge in [0, 0.05) is 9.13 Å². The van der Waals surface area contributed by atoms with Crippen molar-refractivity contribution < 1.29 is 33.4 Å². The van der Waals surface area contributed by atoms with Crippen LogP contribution in [0.4, 0.5) is 0 Å². The van der Waals surface area contributed by atoms with E-state index in [9.17, 15) is 9.13 Å². The van der Waals surface area contributed by atoms with Gasteiger partial charge in [-0.25, -0.2) is 0 Å². The highest BCUT2D eigenvalue weighted by Gasteiger charge is 2.03. The van der Waals surface area contributed by atoms with Gasteiger partial charge in [-0.2, -0.15) is 0 Å². The van der Waals surface area contributed by atoms with Gasteiger partial charge < -0.3 is 5.48 Å². The van der Waals surface area contributed by atoms with Crippen molar-refractivity contribution in [2.75, 3.05) is 14.2 Å². The largest absolute Gasteiger partial charge is 0.694 e. The Balaban J connectivity index is -0.000000107. The van der Waals surface area contributed by atoms with Gasteiger partial charge in [0.1, 0.15) is 0 Å². The molecular formula is C2H10O7P2+2. The molecule has 7 nitrogen and oxygen atoms in total. The molecule has 0 saturated carbocycles. The van der Waals surface area contributed by atoms with Gasteiger partial charge in [-0.3, -0.25) is 0 Å². The molecule has 4 N–H and O–H groups in total. The van der Waals surface area contributed by atoms with Crippen molar-refractivity contribution in [3.05, 3.63) is 0 Å². The van der Waals surface area contributed by atoms with E-state index in [0.29, 0.717) is 0 Å². The second kappa shape index (κ2) is 12.7. The fraction of sp³-hybridized carbons (Fsp3) is 1.00. The first-order valence-corrected chi connectivity index (χ1v) is 4.21. The molecule has 11 heavy (non-hydrogen) atoms. The lowest BCUT2D eigenvalue weighted by Gasteiger charge is -1.55. The first-order valence-electron chi connectivity index (χ1n) is 1.95. The van der Waals surface area contributed by atoms with E-state index in [1.807, 2.05) is 0 Å². The van der Waals surface area contributed by atoms with Gasteiger partial charge in [0.15, 0.2) is 0 Å². The fourth-order valence-electron chi connectivity index (χ4n) is 0. The van der Waals surface area contributed by atoms with E-state index in [2.05, 4.69) is 9.05 Å². The van der Waals surface area contributed by atoms with Crippen molar-refractivity contribution in [1.82, 2.24) is 0 Å². The molecule has 0 aromatic carbocycles. The lowest BCUT2D eigenvalue weighted by molar-refractivity contribution is 0.342. The Labute approximate surface area is 65.2 Å². The van der Waals surface area contributed by atoms with Crippen LogP contribution < -0.4 is 0 Å². The van der Waals surface area contributed by atoms with Crippen LogP contribution in [0.15, 0.2) is 0 Å². The first-order chi connectivity index (χ1) is 4.54. The lowest BCUT2D eigenvalue weighted by Crippen LogP contribution is -1.57. The standard InChI is InChI=1S/2CH3O3P.H2O/c2*1-4-5(2)3;/h2*1H3;1H2/p+2. The van der Waals surface area contributed by atoms with E-state index in [4.69, 9.17) is 9.79 Å². The van der Waals surface area contributed by atoms with E-state index in [-0.39, 0.29) is 5.48 Å². The summed E-state index contributed by atoms with van der Waals surface area (Å²) in [6.07, 6.45) is 0. The molecule has 0 bridgehead atoms. The zero-order valence-electron chi connectivity index (χ0n) is 5.92. The lowest BCUT2D eigenvalue weighted by atomic mass is 11.8. The molecule has 2 atom stereocenters. The normalized spacial score (nSPS) is 10.2. The zero-order chi connectivity index (χ0) is 8.57. The number of hydrogen-bond donors (Lipinski definition) is 2. The molecule has 2 unspecified atom stereocenters. The summed E-state index contributed by atoms with van der Waals surface area (Å²) >= 11 is 0. The highest BCUT2D eigenvalue weighted by atomic mass is 31.1. The van der Waals surface area contributed by atoms with Crippen LogP contribution in [0.1, 0.15) is 0 Å². The number of rotatable bonds is 2. The molecule has 0 aliphatic carbocycles. The summed E-state index contributed by atoms with van der Waals surface area (Å²) in [5.74, 6) is 0. The summed E-state index contributed by atoms with van der Waals surface area (Å²) in [6.45, 7) is 0. The molecule has 0 aliphatic rings. The minimum atomic E-state index is -2.35. The molecule has 0 saturated heterocycles. The molecule has 0 spiro atoms. The smallest absolute Gasteiger partial charge is 0.412 e. The van der Waals surface area contributed by atoms with Gasteiger partial charge in [-0.15, -0.1) is 18.8 Å². The van der Waals surface area contributed by atoms with Gasteiger partial charge in [0.2, 0.25) is 0 Å². The van der Waals surface area contributed by atoms with Crippen molar-refractivity contribution in [2.24, 2.45) is 0 Å². The van der Waals surface area contributed by atoms with Crippen LogP contribution >= 0.6 is 16.5 Å². The van der Waals surface area contributed by atoms with Gasteiger partial charge in [-0.1, -0.05) is 0 Å². The minimum Gasteiger partial charge on any atom is -0.412 e. The molecule has 68 valence electrons. The first kappa shape index (κ1) is 17.2. The monoisotopic (exact) mass is 208 g/mol. The predicted octanol–water partition coefficient (Wildman–Crippen LogP) is -0.260. The average Bonchev–Trinajstić information content (AvgIpc) is 1.89. The van der Waals surface area contributed by atoms with Gasteiger partial charge in [-0.05, 0) is 0 Å². The second-order valence-corrected chi connectivity index (χ2v) is 2.52. The van der Waals surface area contributed by atoms with E-state index in [1.54, 1.807) is 0 Å². The summed E-state index contributed by atoms with van der Waals surface area (Å²) in [5, 5.41) is 0. The van der Waals surface area contributed by atoms with Crippen LogP contribution in [0.3, 0.4) is 0 Å². The SMILES string of the molecule is CO[P+](=O)O.CO[P+](=O)O.O. The van der Waals surface area contributed by atoms with Gasteiger partial charge in [0.25, 0.3) is 0 Å². The summed E-state index contributed by atoms with van der Waals surface area (Å²) in [5.41, 5.74) is 0. The molecule has 0 fully saturated rings. The maximum absolute atomic E-state index is 9.29. The summed E-state index contributed by atoms with van der Waals surface area (Å²) in [6, 6.07) is 0. The van der Waals surface area contributed by atoms with E-state index < -0.39 is 16.5 Å². The Bertz CT molecular complexity index is 99.0. The van der Waals surface area contributed by atoms with Crippen molar-refractivity contribution in [2.45, 2.75) is 0 Å². The molecule has 0 amide bonds. The molecular weight excluding hydrogens is 198 g/mol. The van der Waals surface area contributed by atoms with Crippen LogP contribution in [-0.4, -0.2) is 29.5 Å². The third kappa shape index (κ3) is 40.0. The van der Waals surface area contributed by atoms with Crippen LogP contribution in [-0.2, 0) is 18.2 Å². The van der Waals surface area contributed by atoms with E-state index in [0.717, 1.165) is 0 Å². The van der Waals surface area contributed by atoms with Crippen molar-refractivity contribution in [3.63, 3.8) is 0 Å². The predicted molar refractivity (Wildman–Crippen MR) is 37.3 cm³/mol. The quantitative estimate of drug-likeness (QED) is 0.602. The van der Waals surface area contributed by atoms with Gasteiger partial charge in [0.05, 0.1) is 14.2 Å². The molecule has 0 radical (unpaired) electrons. The topological polar surface area (TPSA) is 125 Å². The zero-order valence-corrected chi connectivity index (χ0v) is 7.71. The highest BCUT2D eigenvalue weighted by molar-refractivity contribution is 7.32. The Kier molecular flexibility index (Phi) is 19.8. The molecule has 0 heterocycles. The molecule has 0 aromatic heterocycles. The maximum atomic E-state index is 9.29. The summed E-state index contributed by atoms with van der Waals surface area (Å²) in [4.78, 5) is 15.3. The fourth-order valence-corrected chi connectivity index (χ4v) is 0. The van der Waals surface area contributed by atoms with Crippen molar-refractivity contribution in [1.29, 1.82) is 0 Å². The van der Waals surface area contributed by atoms with Crippen LogP contribution in [0.25, 0.3) is 0 Å². The second-order valence-electron chi connectivity index (χ2n) is 0.841. The van der Waals surface area contributed by atoms with Crippen molar-refractivity contribution in [3.8, 4) is 0 Å². The molecule has 0 aliphatic heterocycles. The highest BCUT2D eigenvalue weighted by Crippen LogP contribution is 2.09. The van der Waals surface area contributed by atoms with Crippen LogP contribution in [0, 0.1) is 0 Å². The maximum Gasteiger partial charge on any atom is 0.694 e.